The Kier molecular flexibility index (Phi) is 6.91. The van der Waals surface area contributed by atoms with Crippen molar-refractivity contribution in [2.24, 2.45) is 0 Å². The van der Waals surface area contributed by atoms with Crippen molar-refractivity contribution in [3.8, 4) is 0 Å². The average Bonchev–Trinajstić information content (AvgIpc) is 2.82. The molecule has 0 spiro atoms. The molecule has 0 saturated heterocycles. The Morgan fingerprint density at radius 2 is 1.82 bits per heavy atom. The zero-order valence-electron chi connectivity index (χ0n) is 20.0. The number of aryl methyl sites for hydroxylation is 2. The predicted molar refractivity (Wildman–Crippen MR) is 134 cm³/mol. The number of rotatable bonds is 8. The van der Waals surface area contributed by atoms with Gasteiger partial charge in [-0.3, -0.25) is 19.4 Å². The van der Waals surface area contributed by atoms with Gasteiger partial charge < -0.3 is 9.88 Å². The quantitative estimate of drug-likeness (QED) is 0.308. The number of amides is 1. The maximum Gasteiger partial charge on any atom is 0.267 e. The van der Waals surface area contributed by atoms with E-state index in [1.165, 1.54) is 10.5 Å². The predicted octanol–water partition coefficient (Wildman–Crippen LogP) is 4.10. The molecule has 0 aliphatic heterocycles. The van der Waals surface area contributed by atoms with Crippen molar-refractivity contribution in [2.75, 3.05) is 6.54 Å². The second kappa shape index (κ2) is 10.0. The molecule has 7 heteroatoms. The Balaban J connectivity index is 1.87. The van der Waals surface area contributed by atoms with Gasteiger partial charge in [-0.2, -0.15) is 0 Å². The molecular formula is C27H31N5O2. The zero-order valence-corrected chi connectivity index (χ0v) is 20.0. The highest BCUT2D eigenvalue weighted by Crippen LogP contribution is 2.15. The number of nitrogens with one attached hydrogen (secondary N) is 2. The number of pyridine rings is 2. The Bertz CT molecular complexity index is 1470. The van der Waals surface area contributed by atoms with Crippen LogP contribution in [0, 0.1) is 19.3 Å². The number of unbranched alkanes of at least 4 members (excludes halogenated alkanes) is 3. The Labute approximate surface area is 198 Å². The van der Waals surface area contributed by atoms with Crippen molar-refractivity contribution in [3.63, 3.8) is 0 Å². The van der Waals surface area contributed by atoms with E-state index in [4.69, 9.17) is 10.4 Å². The Hall–Kier alpha value is -3.74. The van der Waals surface area contributed by atoms with E-state index in [1.54, 1.807) is 16.8 Å². The summed E-state index contributed by atoms with van der Waals surface area (Å²) >= 11 is 0. The van der Waals surface area contributed by atoms with Crippen LogP contribution < -0.4 is 16.4 Å². The van der Waals surface area contributed by atoms with Crippen LogP contribution in [0.25, 0.3) is 16.7 Å². The number of benzene rings is 1. The van der Waals surface area contributed by atoms with E-state index in [-0.39, 0.29) is 22.5 Å². The topological polar surface area (TPSA) is 92.2 Å². The van der Waals surface area contributed by atoms with E-state index in [0.29, 0.717) is 29.8 Å². The summed E-state index contributed by atoms with van der Waals surface area (Å²) in [5.41, 5.74) is 3.90. The largest absolute Gasteiger partial charge is 0.352 e. The van der Waals surface area contributed by atoms with Crippen molar-refractivity contribution >= 4 is 22.6 Å². The van der Waals surface area contributed by atoms with Gasteiger partial charge in [-0.15, -0.1) is 0 Å². The van der Waals surface area contributed by atoms with E-state index < -0.39 is 0 Å². The number of hydrogen-bond acceptors (Lipinski definition) is 4. The third-order valence-corrected chi connectivity index (χ3v) is 6.16. The minimum atomic E-state index is -0.338. The first-order valence-corrected chi connectivity index (χ1v) is 11.8. The average molecular weight is 458 g/mol. The molecule has 0 unspecified atom stereocenters. The summed E-state index contributed by atoms with van der Waals surface area (Å²) in [5, 5.41) is 12.1. The van der Waals surface area contributed by atoms with E-state index in [0.717, 1.165) is 42.4 Å². The van der Waals surface area contributed by atoms with Gasteiger partial charge in [0, 0.05) is 12.7 Å². The highest BCUT2D eigenvalue weighted by Gasteiger charge is 2.18. The molecule has 4 aromatic rings. The van der Waals surface area contributed by atoms with Crippen LogP contribution in [0.3, 0.4) is 0 Å². The fourth-order valence-electron chi connectivity index (χ4n) is 4.15. The normalized spacial score (nSPS) is 11.3. The van der Waals surface area contributed by atoms with E-state index in [2.05, 4.69) is 12.2 Å². The summed E-state index contributed by atoms with van der Waals surface area (Å²) in [6, 6.07) is 13.2. The van der Waals surface area contributed by atoms with Crippen molar-refractivity contribution in [1.29, 1.82) is 5.41 Å². The molecule has 0 saturated carbocycles. The van der Waals surface area contributed by atoms with Gasteiger partial charge in [0.05, 0.1) is 17.5 Å². The SMILES string of the molecule is CCCCCCNC(=O)c1cc2c(=O)n3cccc(C)c3nc2n(Cc2ccc(C)cc2)c1=N. The number of carbonyl (C=O) groups excluding carboxylic acids is 1. The van der Waals surface area contributed by atoms with Crippen LogP contribution in [0.4, 0.5) is 0 Å². The molecule has 2 N–H and O–H groups in total. The van der Waals surface area contributed by atoms with Crippen LogP contribution in [0.2, 0.25) is 0 Å². The van der Waals surface area contributed by atoms with Gasteiger partial charge in [0.15, 0.2) is 0 Å². The summed E-state index contributed by atoms with van der Waals surface area (Å²) in [6.07, 6.45) is 5.87. The van der Waals surface area contributed by atoms with Gasteiger partial charge in [0.1, 0.15) is 16.8 Å². The Morgan fingerprint density at radius 3 is 2.56 bits per heavy atom. The fourth-order valence-corrected chi connectivity index (χ4v) is 4.15. The molecule has 34 heavy (non-hydrogen) atoms. The molecule has 0 radical (unpaired) electrons. The number of nitrogens with zero attached hydrogens (tertiary/aromatic N) is 3. The lowest BCUT2D eigenvalue weighted by molar-refractivity contribution is 0.0950. The second-order valence-electron chi connectivity index (χ2n) is 8.83. The van der Waals surface area contributed by atoms with Crippen LogP contribution in [-0.2, 0) is 6.54 Å². The van der Waals surface area contributed by atoms with E-state index in [1.807, 2.05) is 44.2 Å². The lowest BCUT2D eigenvalue weighted by Crippen LogP contribution is -2.35. The smallest absolute Gasteiger partial charge is 0.267 e. The summed E-state index contributed by atoms with van der Waals surface area (Å²) in [7, 11) is 0. The van der Waals surface area contributed by atoms with Gasteiger partial charge >= 0.3 is 0 Å². The number of carbonyl (C=O) groups is 1. The highest BCUT2D eigenvalue weighted by molar-refractivity contribution is 5.96. The summed E-state index contributed by atoms with van der Waals surface area (Å²) in [6.45, 7) is 6.94. The molecule has 0 aliphatic carbocycles. The first-order valence-electron chi connectivity index (χ1n) is 11.8. The molecule has 7 nitrogen and oxygen atoms in total. The summed E-state index contributed by atoms with van der Waals surface area (Å²) < 4.78 is 3.17. The van der Waals surface area contributed by atoms with Gasteiger partial charge in [0.25, 0.3) is 11.5 Å². The van der Waals surface area contributed by atoms with Crippen molar-refractivity contribution in [1.82, 2.24) is 19.3 Å². The lowest BCUT2D eigenvalue weighted by atomic mass is 10.1. The van der Waals surface area contributed by atoms with Crippen molar-refractivity contribution in [3.05, 3.63) is 86.8 Å². The molecule has 3 aromatic heterocycles. The van der Waals surface area contributed by atoms with E-state index in [9.17, 15) is 9.59 Å². The van der Waals surface area contributed by atoms with Gasteiger partial charge in [-0.05, 0) is 43.5 Å². The molecule has 0 fully saturated rings. The molecule has 0 aliphatic rings. The molecule has 3 heterocycles. The van der Waals surface area contributed by atoms with Crippen molar-refractivity contribution < 1.29 is 4.79 Å². The molecule has 4 rings (SSSR count). The van der Waals surface area contributed by atoms with Crippen LogP contribution in [0.15, 0.2) is 53.5 Å². The van der Waals surface area contributed by atoms with E-state index >= 15 is 0 Å². The molecule has 0 atom stereocenters. The number of hydrogen-bond donors (Lipinski definition) is 2. The molecule has 0 bridgehead atoms. The standard InChI is InChI=1S/C27H31N5O2/c1-4-5-6-7-14-29-26(33)21-16-22-25(30-24-19(3)9-8-15-31(24)27(22)34)32(23(21)28)17-20-12-10-18(2)11-13-20/h8-13,15-16,28H,4-7,14,17H2,1-3H3,(H,29,33). The van der Waals surface area contributed by atoms with Crippen molar-refractivity contribution in [2.45, 2.75) is 53.0 Å². The minimum absolute atomic E-state index is 0.0453. The Morgan fingerprint density at radius 1 is 1.06 bits per heavy atom. The number of aromatic nitrogens is 3. The highest BCUT2D eigenvalue weighted by atomic mass is 16.1. The molecule has 176 valence electrons. The van der Waals surface area contributed by atoms with Crippen LogP contribution >= 0.6 is 0 Å². The third-order valence-electron chi connectivity index (χ3n) is 6.16. The minimum Gasteiger partial charge on any atom is -0.352 e. The maximum atomic E-state index is 13.4. The van der Waals surface area contributed by atoms with Crippen LogP contribution in [0.5, 0.6) is 0 Å². The van der Waals surface area contributed by atoms with Gasteiger partial charge in [0.2, 0.25) is 0 Å². The van der Waals surface area contributed by atoms with Crippen LogP contribution in [-0.4, -0.2) is 26.4 Å². The monoisotopic (exact) mass is 457 g/mol. The zero-order chi connectivity index (χ0) is 24.2. The van der Waals surface area contributed by atoms with Gasteiger partial charge in [-0.25, -0.2) is 4.98 Å². The molecule has 1 aromatic carbocycles. The molecular weight excluding hydrogens is 426 g/mol. The molecule has 1 amide bonds. The third kappa shape index (κ3) is 4.64. The fraction of sp³-hybridized carbons (Fsp3) is 0.333. The first kappa shape index (κ1) is 23.4. The lowest BCUT2D eigenvalue weighted by Gasteiger charge is -2.15. The first-order chi connectivity index (χ1) is 16.4. The van der Waals surface area contributed by atoms with Gasteiger partial charge in [-0.1, -0.05) is 62.1 Å². The van der Waals surface area contributed by atoms with Crippen LogP contribution in [0.1, 0.15) is 59.7 Å². The number of fused-ring (bicyclic) bond motifs is 2. The summed E-state index contributed by atoms with van der Waals surface area (Å²) in [5.74, 6) is -0.338. The summed E-state index contributed by atoms with van der Waals surface area (Å²) in [4.78, 5) is 31.3. The maximum absolute atomic E-state index is 13.4. The second-order valence-corrected chi connectivity index (χ2v) is 8.83.